The summed E-state index contributed by atoms with van der Waals surface area (Å²) >= 11 is 1.49. The van der Waals surface area contributed by atoms with Crippen molar-refractivity contribution in [1.82, 2.24) is 24.8 Å². The minimum absolute atomic E-state index is 0.140. The number of hydrogen-bond donors (Lipinski definition) is 2. The lowest BCUT2D eigenvalue weighted by atomic mass is 10.1. The number of nitrogens with zero attached hydrogens (tertiary/aromatic N) is 4. The molecule has 0 unspecified atom stereocenters. The summed E-state index contributed by atoms with van der Waals surface area (Å²) in [5.41, 5.74) is 4.97. The molecule has 9 heteroatoms. The summed E-state index contributed by atoms with van der Waals surface area (Å²) in [7, 11) is 5.41. The molecular formula is C24H22N6O2S. The lowest BCUT2D eigenvalue weighted by molar-refractivity contribution is 0.0951. The van der Waals surface area contributed by atoms with Gasteiger partial charge in [0, 0.05) is 31.8 Å². The van der Waals surface area contributed by atoms with Crippen LogP contribution in [0.5, 0.6) is 5.75 Å². The summed E-state index contributed by atoms with van der Waals surface area (Å²) in [5, 5.41) is 6.89. The number of carbonyl (C=O) groups is 1. The topological polar surface area (TPSA) is 94.0 Å². The normalized spacial score (nSPS) is 11.1. The van der Waals surface area contributed by atoms with Gasteiger partial charge < -0.3 is 19.9 Å². The van der Waals surface area contributed by atoms with Gasteiger partial charge in [-0.15, -0.1) is 0 Å². The lowest BCUT2D eigenvalue weighted by Crippen LogP contribution is -2.22. The molecule has 0 saturated carbocycles. The predicted molar refractivity (Wildman–Crippen MR) is 131 cm³/mol. The van der Waals surface area contributed by atoms with Crippen molar-refractivity contribution in [3.63, 3.8) is 0 Å². The number of thiazole rings is 1. The number of amides is 1. The molecule has 2 aromatic carbocycles. The van der Waals surface area contributed by atoms with Crippen LogP contribution in [0, 0.1) is 0 Å². The maximum Gasteiger partial charge on any atom is 0.251 e. The summed E-state index contributed by atoms with van der Waals surface area (Å²) in [4.78, 5) is 27.6. The van der Waals surface area contributed by atoms with Crippen molar-refractivity contribution < 1.29 is 9.53 Å². The van der Waals surface area contributed by atoms with E-state index in [1.54, 1.807) is 19.5 Å². The molecule has 1 amide bonds. The van der Waals surface area contributed by atoms with Crippen LogP contribution in [0.4, 0.5) is 5.82 Å². The summed E-state index contributed by atoms with van der Waals surface area (Å²) in [6.07, 6.45) is 1.76. The van der Waals surface area contributed by atoms with E-state index in [2.05, 4.69) is 15.6 Å². The third kappa shape index (κ3) is 3.87. The van der Waals surface area contributed by atoms with Gasteiger partial charge in [0.1, 0.15) is 32.1 Å². The van der Waals surface area contributed by atoms with E-state index < -0.39 is 0 Å². The van der Waals surface area contributed by atoms with Crippen molar-refractivity contribution >= 4 is 44.4 Å². The van der Waals surface area contributed by atoms with Crippen molar-refractivity contribution in [2.75, 3.05) is 19.5 Å². The molecule has 3 heterocycles. The fraction of sp³-hybridized carbons (Fsp3) is 0.167. The van der Waals surface area contributed by atoms with Crippen molar-refractivity contribution in [2.45, 2.75) is 6.54 Å². The van der Waals surface area contributed by atoms with Gasteiger partial charge in [-0.25, -0.2) is 15.0 Å². The van der Waals surface area contributed by atoms with Gasteiger partial charge in [-0.3, -0.25) is 4.79 Å². The van der Waals surface area contributed by atoms with E-state index in [0.29, 0.717) is 12.1 Å². The van der Waals surface area contributed by atoms with Crippen LogP contribution in [0.1, 0.15) is 15.9 Å². The number of rotatable bonds is 6. The molecule has 5 aromatic rings. The summed E-state index contributed by atoms with van der Waals surface area (Å²) in [6.45, 7) is 0.434. The zero-order chi connectivity index (χ0) is 22.9. The molecule has 5 rings (SSSR count). The highest BCUT2D eigenvalue weighted by atomic mass is 32.1. The molecule has 0 saturated heterocycles. The predicted octanol–water partition coefficient (Wildman–Crippen LogP) is 4.23. The van der Waals surface area contributed by atoms with Crippen molar-refractivity contribution in [3.8, 4) is 16.3 Å². The number of pyridine rings is 1. The second-order valence-electron chi connectivity index (χ2n) is 7.55. The Labute approximate surface area is 194 Å². The van der Waals surface area contributed by atoms with Crippen LogP contribution >= 0.6 is 11.3 Å². The Morgan fingerprint density at radius 1 is 1.12 bits per heavy atom. The second kappa shape index (κ2) is 8.51. The van der Waals surface area contributed by atoms with Crippen LogP contribution in [-0.2, 0) is 13.6 Å². The number of anilines is 1. The number of methoxy groups -OCH3 is 1. The smallest absolute Gasteiger partial charge is 0.251 e. The zero-order valence-corrected chi connectivity index (χ0v) is 19.2. The average molecular weight is 459 g/mol. The number of hydrogen-bond acceptors (Lipinski definition) is 7. The number of fused-ring (bicyclic) bond motifs is 3. The minimum Gasteiger partial charge on any atom is -0.497 e. The molecule has 2 N–H and O–H groups in total. The Morgan fingerprint density at radius 2 is 1.94 bits per heavy atom. The zero-order valence-electron chi connectivity index (χ0n) is 18.4. The maximum atomic E-state index is 12.8. The first-order chi connectivity index (χ1) is 16.1. The Bertz CT molecular complexity index is 1470. The Balaban J connectivity index is 1.43. The van der Waals surface area contributed by atoms with E-state index in [1.807, 2.05) is 61.1 Å². The summed E-state index contributed by atoms with van der Waals surface area (Å²) in [6, 6.07) is 15.1. The van der Waals surface area contributed by atoms with Gasteiger partial charge in [0.25, 0.3) is 5.91 Å². The molecule has 0 spiro atoms. The number of aromatic nitrogens is 4. The standard InChI is InChI=1S/C24H22N6O2S/c1-25-21-18-20(30(2)13-27-18)19-24(29-21)33-23(28-19)16-6-4-5-15(11-16)22(31)26-12-14-7-9-17(32-3)10-8-14/h4-11,13H,12H2,1-3H3,(H,25,29)(H,26,31). The van der Waals surface area contributed by atoms with Crippen LogP contribution in [0.3, 0.4) is 0 Å². The molecule has 166 valence electrons. The van der Waals surface area contributed by atoms with E-state index in [-0.39, 0.29) is 5.91 Å². The SMILES string of the molecule is CNc1nc2sc(-c3cccc(C(=O)NCc4ccc(OC)cc4)c3)nc2c2c1ncn2C. The highest BCUT2D eigenvalue weighted by Gasteiger charge is 2.17. The van der Waals surface area contributed by atoms with Crippen molar-refractivity contribution in [1.29, 1.82) is 0 Å². The molecule has 0 atom stereocenters. The number of ether oxygens (including phenoxy) is 1. The molecular weight excluding hydrogens is 436 g/mol. The quantitative estimate of drug-likeness (QED) is 0.396. The molecule has 0 fully saturated rings. The number of benzene rings is 2. The number of carbonyl (C=O) groups excluding carboxylic acids is 1. The van der Waals surface area contributed by atoms with E-state index in [0.717, 1.165) is 49.1 Å². The van der Waals surface area contributed by atoms with Crippen LogP contribution in [-0.4, -0.2) is 39.6 Å². The highest BCUT2D eigenvalue weighted by molar-refractivity contribution is 7.21. The number of imidazole rings is 1. The van der Waals surface area contributed by atoms with Gasteiger partial charge in [-0.1, -0.05) is 35.6 Å². The molecule has 33 heavy (non-hydrogen) atoms. The van der Waals surface area contributed by atoms with Crippen molar-refractivity contribution in [2.24, 2.45) is 7.05 Å². The van der Waals surface area contributed by atoms with Gasteiger partial charge >= 0.3 is 0 Å². The summed E-state index contributed by atoms with van der Waals surface area (Å²) in [5.74, 6) is 1.37. The molecule has 3 aromatic heterocycles. The average Bonchev–Trinajstić information content (AvgIpc) is 3.46. The van der Waals surface area contributed by atoms with Crippen LogP contribution < -0.4 is 15.4 Å². The highest BCUT2D eigenvalue weighted by Crippen LogP contribution is 2.35. The van der Waals surface area contributed by atoms with E-state index in [4.69, 9.17) is 14.7 Å². The maximum absolute atomic E-state index is 12.8. The van der Waals surface area contributed by atoms with Gasteiger partial charge in [0.05, 0.1) is 13.4 Å². The monoisotopic (exact) mass is 458 g/mol. The molecule has 8 nitrogen and oxygen atoms in total. The molecule has 0 aliphatic heterocycles. The van der Waals surface area contributed by atoms with Crippen LogP contribution in [0.15, 0.2) is 54.9 Å². The first-order valence-corrected chi connectivity index (χ1v) is 11.2. The fourth-order valence-corrected chi connectivity index (χ4v) is 4.64. The Morgan fingerprint density at radius 3 is 2.70 bits per heavy atom. The van der Waals surface area contributed by atoms with Crippen LogP contribution in [0.25, 0.3) is 32.0 Å². The summed E-state index contributed by atoms with van der Waals surface area (Å²) < 4.78 is 7.13. The van der Waals surface area contributed by atoms with Gasteiger partial charge in [-0.05, 0) is 29.8 Å². The third-order valence-electron chi connectivity index (χ3n) is 5.43. The Kier molecular flexibility index (Phi) is 5.39. The lowest BCUT2D eigenvalue weighted by Gasteiger charge is -2.07. The first-order valence-electron chi connectivity index (χ1n) is 10.4. The van der Waals surface area contributed by atoms with Crippen LogP contribution in [0.2, 0.25) is 0 Å². The van der Waals surface area contributed by atoms with E-state index in [9.17, 15) is 4.79 Å². The van der Waals surface area contributed by atoms with Gasteiger partial charge in [0.2, 0.25) is 0 Å². The third-order valence-corrected chi connectivity index (χ3v) is 6.43. The largest absolute Gasteiger partial charge is 0.497 e. The second-order valence-corrected chi connectivity index (χ2v) is 8.52. The molecule has 0 bridgehead atoms. The van der Waals surface area contributed by atoms with E-state index in [1.165, 1.54) is 11.3 Å². The molecule has 0 radical (unpaired) electrons. The van der Waals surface area contributed by atoms with E-state index >= 15 is 0 Å². The molecule has 0 aliphatic rings. The molecule has 0 aliphatic carbocycles. The Hall–Kier alpha value is -3.98. The number of nitrogens with one attached hydrogen (secondary N) is 2. The van der Waals surface area contributed by atoms with Gasteiger partial charge in [0.15, 0.2) is 5.82 Å². The number of aryl methyl sites for hydroxylation is 1. The fourth-order valence-electron chi connectivity index (χ4n) is 3.70. The minimum atomic E-state index is -0.140. The van der Waals surface area contributed by atoms with Crippen molar-refractivity contribution in [3.05, 3.63) is 66.0 Å². The van der Waals surface area contributed by atoms with Gasteiger partial charge in [-0.2, -0.15) is 0 Å². The first kappa shape index (κ1) is 20.9.